The zero-order valence-corrected chi connectivity index (χ0v) is 17.9. The summed E-state index contributed by atoms with van der Waals surface area (Å²) in [5.41, 5.74) is -0.305. The van der Waals surface area contributed by atoms with E-state index in [-0.39, 0.29) is 23.2 Å². The maximum Gasteiger partial charge on any atom is 0.271 e. The molecule has 2 rings (SSSR count). The van der Waals surface area contributed by atoms with E-state index in [1.807, 2.05) is 26.8 Å². The molecule has 1 aromatic heterocycles. The highest BCUT2D eigenvalue weighted by atomic mass is 16.5. The molecule has 0 bridgehead atoms. The molecule has 0 spiro atoms. The van der Waals surface area contributed by atoms with Crippen LogP contribution in [0.1, 0.15) is 54.2 Å². The van der Waals surface area contributed by atoms with Crippen molar-refractivity contribution in [3.8, 4) is 17.7 Å². The Hall–Kier alpha value is -3.11. The summed E-state index contributed by atoms with van der Waals surface area (Å²) in [5, 5.41) is 20.2. The molecule has 2 aromatic rings. The Morgan fingerprint density at radius 3 is 2.50 bits per heavy atom. The number of aromatic nitrogens is 1. The number of carbonyl (C=O) groups excluding carboxylic acids is 1. The number of ether oxygens (including phenoxy) is 2. The van der Waals surface area contributed by atoms with Gasteiger partial charge in [-0.25, -0.2) is 0 Å². The second kappa shape index (κ2) is 10.6. The maximum absolute atomic E-state index is 13.1. The number of pyridine rings is 1. The van der Waals surface area contributed by atoms with E-state index in [1.165, 1.54) is 6.92 Å². The Labute approximate surface area is 176 Å². The van der Waals surface area contributed by atoms with Crippen molar-refractivity contribution in [3.63, 3.8) is 0 Å². The first-order valence-electron chi connectivity index (χ1n) is 10.0. The van der Waals surface area contributed by atoms with Crippen LogP contribution in [0.25, 0.3) is 0 Å². The first-order valence-corrected chi connectivity index (χ1v) is 10.0. The quantitative estimate of drug-likeness (QED) is 0.474. The number of aromatic hydroxyl groups is 1. The fourth-order valence-corrected chi connectivity index (χ4v) is 3.01. The van der Waals surface area contributed by atoms with Crippen molar-refractivity contribution in [2.45, 2.75) is 40.7 Å². The van der Waals surface area contributed by atoms with Gasteiger partial charge in [0.05, 0.1) is 12.2 Å². The highest BCUT2D eigenvalue weighted by Crippen LogP contribution is 2.26. The summed E-state index contributed by atoms with van der Waals surface area (Å²) in [7, 11) is 0. The van der Waals surface area contributed by atoms with E-state index in [2.05, 4.69) is 0 Å². The molecule has 30 heavy (non-hydrogen) atoms. The van der Waals surface area contributed by atoms with Crippen LogP contribution in [-0.4, -0.2) is 35.3 Å². The molecule has 0 aliphatic carbocycles. The van der Waals surface area contributed by atoms with Crippen LogP contribution in [0.5, 0.6) is 11.6 Å². The monoisotopic (exact) mass is 412 g/mol. The summed E-state index contributed by atoms with van der Waals surface area (Å²) in [6.45, 7) is 9.08. The third-order valence-electron chi connectivity index (χ3n) is 4.60. The van der Waals surface area contributed by atoms with Crippen LogP contribution in [0.4, 0.5) is 0 Å². The van der Waals surface area contributed by atoms with Crippen LogP contribution in [0, 0.1) is 24.2 Å². The van der Waals surface area contributed by atoms with E-state index in [0.717, 1.165) is 4.57 Å². The summed E-state index contributed by atoms with van der Waals surface area (Å²) in [6.07, 6.45) is 0.463. The Kier molecular flexibility index (Phi) is 8.19. The van der Waals surface area contributed by atoms with Gasteiger partial charge >= 0.3 is 0 Å². The van der Waals surface area contributed by atoms with Gasteiger partial charge in [-0.2, -0.15) is 5.26 Å². The molecule has 0 aliphatic rings. The molecule has 1 aromatic carbocycles. The molecule has 1 heterocycles. The van der Waals surface area contributed by atoms with Gasteiger partial charge in [0.1, 0.15) is 17.4 Å². The Morgan fingerprint density at radius 1 is 1.27 bits per heavy atom. The lowest BCUT2D eigenvalue weighted by molar-refractivity contribution is 0.103. The number of nitrogens with zero attached hydrogens (tertiary/aromatic N) is 2. The summed E-state index contributed by atoms with van der Waals surface area (Å²) >= 11 is 0. The third kappa shape index (κ3) is 5.28. The Bertz CT molecular complexity index is 985. The second-order valence-electron chi connectivity index (χ2n) is 7.38. The number of rotatable bonds is 10. The number of hydrogen-bond donors (Lipinski definition) is 1. The maximum atomic E-state index is 13.1. The van der Waals surface area contributed by atoms with Crippen molar-refractivity contribution in [1.29, 1.82) is 5.26 Å². The highest BCUT2D eigenvalue weighted by molar-refractivity contribution is 6.11. The van der Waals surface area contributed by atoms with Gasteiger partial charge in [-0.1, -0.05) is 13.8 Å². The van der Waals surface area contributed by atoms with E-state index in [4.69, 9.17) is 9.47 Å². The van der Waals surface area contributed by atoms with Crippen molar-refractivity contribution in [3.05, 3.63) is 56.9 Å². The minimum absolute atomic E-state index is 0.0431. The number of carbonyl (C=O) groups is 1. The predicted molar refractivity (Wildman–Crippen MR) is 113 cm³/mol. The van der Waals surface area contributed by atoms with Crippen molar-refractivity contribution in [2.75, 3.05) is 19.8 Å². The molecule has 0 unspecified atom stereocenters. The van der Waals surface area contributed by atoms with Gasteiger partial charge in [0.25, 0.3) is 5.56 Å². The fraction of sp³-hybridized carbons (Fsp3) is 0.435. The van der Waals surface area contributed by atoms with Gasteiger partial charge in [-0.05, 0) is 56.0 Å². The zero-order valence-electron chi connectivity index (χ0n) is 17.9. The molecule has 1 N–H and O–H groups in total. The normalized spacial score (nSPS) is 10.8. The summed E-state index contributed by atoms with van der Waals surface area (Å²) < 4.78 is 12.0. The van der Waals surface area contributed by atoms with Crippen molar-refractivity contribution < 1.29 is 19.4 Å². The van der Waals surface area contributed by atoms with Crippen LogP contribution >= 0.6 is 0 Å². The van der Waals surface area contributed by atoms with Gasteiger partial charge in [0.2, 0.25) is 5.88 Å². The average molecular weight is 412 g/mol. The molecule has 0 fully saturated rings. The molecular formula is C23H28N2O5. The fourth-order valence-electron chi connectivity index (χ4n) is 3.01. The van der Waals surface area contributed by atoms with E-state index in [0.29, 0.717) is 43.5 Å². The SMILES string of the molecule is CCOCCCn1c(O)c(C(=O)c2ccc(OCC(C)C)cc2)c(C)c(C#N)c1=O. The smallest absolute Gasteiger partial charge is 0.271 e. The minimum Gasteiger partial charge on any atom is -0.494 e. The van der Waals surface area contributed by atoms with Gasteiger partial charge < -0.3 is 14.6 Å². The lowest BCUT2D eigenvalue weighted by Crippen LogP contribution is -2.27. The van der Waals surface area contributed by atoms with Crippen molar-refractivity contribution in [2.24, 2.45) is 5.92 Å². The van der Waals surface area contributed by atoms with Gasteiger partial charge in [0.15, 0.2) is 5.78 Å². The standard InChI is InChI=1S/C23H28N2O5/c1-5-29-12-6-11-25-22(27)19(13-24)16(4)20(23(25)28)21(26)17-7-9-18(10-8-17)30-14-15(2)3/h7-10,15,28H,5-6,11-12,14H2,1-4H3. The average Bonchev–Trinajstić information content (AvgIpc) is 2.72. The molecule has 7 heteroatoms. The van der Waals surface area contributed by atoms with E-state index in [9.17, 15) is 20.0 Å². The molecule has 160 valence electrons. The summed E-state index contributed by atoms with van der Waals surface area (Å²) in [6, 6.07) is 8.45. The van der Waals surface area contributed by atoms with E-state index in [1.54, 1.807) is 24.3 Å². The van der Waals surface area contributed by atoms with E-state index >= 15 is 0 Å². The predicted octanol–water partition coefficient (Wildman–Crippen LogP) is 3.43. The lowest BCUT2D eigenvalue weighted by atomic mass is 9.97. The van der Waals surface area contributed by atoms with Crippen molar-refractivity contribution in [1.82, 2.24) is 4.57 Å². The summed E-state index contributed by atoms with van der Waals surface area (Å²) in [4.78, 5) is 25.7. The third-order valence-corrected chi connectivity index (χ3v) is 4.60. The number of benzene rings is 1. The minimum atomic E-state index is -0.613. The first-order chi connectivity index (χ1) is 14.3. The molecule has 7 nitrogen and oxygen atoms in total. The van der Waals surface area contributed by atoms with Crippen LogP contribution in [0.15, 0.2) is 29.1 Å². The van der Waals surface area contributed by atoms with Crippen LogP contribution in [0.2, 0.25) is 0 Å². The molecular weight excluding hydrogens is 384 g/mol. The summed E-state index contributed by atoms with van der Waals surface area (Å²) in [5.74, 6) is 0.118. The van der Waals surface area contributed by atoms with Crippen LogP contribution < -0.4 is 10.3 Å². The van der Waals surface area contributed by atoms with E-state index < -0.39 is 17.2 Å². The van der Waals surface area contributed by atoms with Gasteiger partial charge in [-0.3, -0.25) is 14.2 Å². The Morgan fingerprint density at radius 2 is 1.93 bits per heavy atom. The first kappa shape index (κ1) is 23.2. The lowest BCUT2D eigenvalue weighted by Gasteiger charge is -2.16. The molecule has 0 amide bonds. The molecule has 0 atom stereocenters. The number of hydrogen-bond acceptors (Lipinski definition) is 6. The molecule has 0 aliphatic heterocycles. The largest absolute Gasteiger partial charge is 0.494 e. The molecule has 0 saturated heterocycles. The zero-order chi connectivity index (χ0) is 22.3. The molecule has 0 radical (unpaired) electrons. The highest BCUT2D eigenvalue weighted by Gasteiger charge is 2.24. The Balaban J connectivity index is 2.41. The molecule has 0 saturated carbocycles. The number of ketones is 1. The van der Waals surface area contributed by atoms with Gasteiger partial charge in [0, 0.05) is 25.3 Å². The van der Waals surface area contributed by atoms with Gasteiger partial charge in [-0.15, -0.1) is 0 Å². The van der Waals surface area contributed by atoms with Crippen LogP contribution in [0.3, 0.4) is 0 Å². The second-order valence-corrected chi connectivity index (χ2v) is 7.38. The van der Waals surface area contributed by atoms with Crippen molar-refractivity contribution >= 4 is 5.78 Å². The number of nitriles is 1. The van der Waals surface area contributed by atoms with Crippen LogP contribution in [-0.2, 0) is 11.3 Å². The topological polar surface area (TPSA) is 102 Å².